The molecule has 4 heteroatoms. The van der Waals surface area contributed by atoms with Crippen LogP contribution < -0.4 is 0 Å². The molecule has 1 aliphatic heterocycles. The lowest BCUT2D eigenvalue weighted by molar-refractivity contribution is 0.00769. The van der Waals surface area contributed by atoms with Crippen LogP contribution in [-0.2, 0) is 4.74 Å². The van der Waals surface area contributed by atoms with Crippen molar-refractivity contribution in [3.05, 3.63) is 48.0 Å². The smallest absolute Gasteiger partial charge is 0.410 e. The van der Waals surface area contributed by atoms with Crippen molar-refractivity contribution in [1.82, 2.24) is 4.90 Å². The molecule has 4 nitrogen and oxygen atoms in total. The summed E-state index contributed by atoms with van der Waals surface area (Å²) in [6.07, 6.45) is 0.817. The van der Waals surface area contributed by atoms with Gasteiger partial charge in [0.15, 0.2) is 0 Å². The van der Waals surface area contributed by atoms with Crippen LogP contribution in [0.15, 0.2) is 42.5 Å². The number of hydrogen-bond acceptors (Lipinski definition) is 3. The summed E-state index contributed by atoms with van der Waals surface area (Å²) in [5, 5.41) is 13.1. The standard InChI is InChI=1S/C21H27NO3/c1-21(2,3)25-20(24)22-12-10-16(11-13-22)19(23)18-9-8-15-6-4-5-7-17(15)14-18/h4-9,14,16,19,23H,10-13H2,1-3H3. The molecule has 0 spiro atoms. The number of nitrogens with zero attached hydrogens (tertiary/aromatic N) is 1. The van der Waals surface area contributed by atoms with E-state index in [9.17, 15) is 9.90 Å². The summed E-state index contributed by atoms with van der Waals surface area (Å²) in [6, 6.07) is 14.3. The van der Waals surface area contributed by atoms with Crippen molar-refractivity contribution in [2.24, 2.45) is 5.92 Å². The maximum atomic E-state index is 12.1. The van der Waals surface area contributed by atoms with Crippen molar-refractivity contribution in [3.8, 4) is 0 Å². The van der Waals surface area contributed by atoms with Crippen LogP contribution in [0.3, 0.4) is 0 Å². The van der Waals surface area contributed by atoms with E-state index in [1.165, 1.54) is 5.39 Å². The molecule has 0 aromatic heterocycles. The normalized spacial score (nSPS) is 17.5. The molecule has 1 amide bonds. The molecule has 25 heavy (non-hydrogen) atoms. The lowest BCUT2D eigenvalue weighted by atomic mass is 9.87. The summed E-state index contributed by atoms with van der Waals surface area (Å²) < 4.78 is 5.43. The Morgan fingerprint density at radius 2 is 1.76 bits per heavy atom. The van der Waals surface area contributed by atoms with Gasteiger partial charge in [0.1, 0.15) is 5.60 Å². The molecule has 1 unspecified atom stereocenters. The lowest BCUT2D eigenvalue weighted by Gasteiger charge is -2.35. The van der Waals surface area contributed by atoms with Crippen molar-refractivity contribution in [2.75, 3.05) is 13.1 Å². The quantitative estimate of drug-likeness (QED) is 0.874. The van der Waals surface area contributed by atoms with Crippen LogP contribution in [0.1, 0.15) is 45.3 Å². The number of aliphatic hydroxyl groups is 1. The molecule has 1 aliphatic rings. The Balaban J connectivity index is 1.62. The highest BCUT2D eigenvalue weighted by Crippen LogP contribution is 2.32. The molecule has 1 atom stereocenters. The largest absolute Gasteiger partial charge is 0.444 e. The van der Waals surface area contributed by atoms with Crippen molar-refractivity contribution < 1.29 is 14.6 Å². The van der Waals surface area contributed by atoms with Gasteiger partial charge < -0.3 is 14.7 Å². The molecule has 3 rings (SSSR count). The van der Waals surface area contributed by atoms with Gasteiger partial charge in [-0.05, 0) is 61.9 Å². The molecule has 1 N–H and O–H groups in total. The third-order valence-corrected chi connectivity index (χ3v) is 4.75. The molecule has 1 saturated heterocycles. The highest BCUT2D eigenvalue weighted by atomic mass is 16.6. The first-order chi connectivity index (χ1) is 11.8. The van der Waals surface area contributed by atoms with Crippen molar-refractivity contribution in [3.63, 3.8) is 0 Å². The summed E-state index contributed by atoms with van der Waals surface area (Å²) >= 11 is 0. The molecular formula is C21H27NO3. The van der Waals surface area contributed by atoms with Gasteiger partial charge in [0.25, 0.3) is 0 Å². The Morgan fingerprint density at radius 3 is 2.40 bits per heavy atom. The molecule has 1 fully saturated rings. The van der Waals surface area contributed by atoms with Crippen LogP contribution in [0.4, 0.5) is 4.79 Å². The minimum atomic E-state index is -0.495. The van der Waals surface area contributed by atoms with Crippen LogP contribution in [0.25, 0.3) is 10.8 Å². The molecule has 1 heterocycles. The summed E-state index contributed by atoms with van der Waals surface area (Å²) in [6.45, 7) is 6.89. The number of carbonyl (C=O) groups is 1. The maximum Gasteiger partial charge on any atom is 0.410 e. The first-order valence-corrected chi connectivity index (χ1v) is 8.98. The Hall–Kier alpha value is -2.07. The molecule has 2 aromatic carbocycles. The highest BCUT2D eigenvalue weighted by molar-refractivity contribution is 5.83. The van der Waals surface area contributed by atoms with Crippen LogP contribution in [0.2, 0.25) is 0 Å². The van der Waals surface area contributed by atoms with Gasteiger partial charge in [0.2, 0.25) is 0 Å². The minimum absolute atomic E-state index is 0.167. The predicted octanol–water partition coefficient (Wildman–Crippen LogP) is 4.52. The molecule has 0 radical (unpaired) electrons. The van der Waals surface area contributed by atoms with E-state index in [0.29, 0.717) is 13.1 Å². The van der Waals surface area contributed by atoms with Gasteiger partial charge >= 0.3 is 6.09 Å². The number of likely N-dealkylation sites (tertiary alicyclic amines) is 1. The Labute approximate surface area is 149 Å². The van der Waals surface area contributed by atoms with Crippen LogP contribution >= 0.6 is 0 Å². The Morgan fingerprint density at radius 1 is 1.12 bits per heavy atom. The van der Waals surface area contributed by atoms with Gasteiger partial charge in [0.05, 0.1) is 6.10 Å². The average Bonchev–Trinajstić information content (AvgIpc) is 2.59. The van der Waals surface area contributed by atoms with E-state index in [1.807, 2.05) is 39.0 Å². The number of carbonyl (C=O) groups excluding carboxylic acids is 1. The molecule has 134 valence electrons. The monoisotopic (exact) mass is 341 g/mol. The second-order valence-electron chi connectivity index (χ2n) is 7.86. The van der Waals surface area contributed by atoms with Gasteiger partial charge in [-0.1, -0.05) is 36.4 Å². The fraction of sp³-hybridized carbons (Fsp3) is 0.476. The Kier molecular flexibility index (Phi) is 5.00. The van der Waals surface area contributed by atoms with E-state index in [1.54, 1.807) is 4.90 Å². The number of aliphatic hydroxyl groups excluding tert-OH is 1. The van der Waals surface area contributed by atoms with Crippen molar-refractivity contribution >= 4 is 16.9 Å². The highest BCUT2D eigenvalue weighted by Gasteiger charge is 2.30. The van der Waals surface area contributed by atoms with Gasteiger partial charge in [-0.2, -0.15) is 0 Å². The SMILES string of the molecule is CC(C)(C)OC(=O)N1CCC(C(O)c2ccc3ccccc3c2)CC1. The zero-order chi connectivity index (χ0) is 18.0. The molecule has 0 bridgehead atoms. The van der Waals surface area contributed by atoms with Crippen LogP contribution in [0.5, 0.6) is 0 Å². The summed E-state index contributed by atoms with van der Waals surface area (Å²) in [7, 11) is 0. The number of ether oxygens (including phenoxy) is 1. The number of benzene rings is 2. The number of hydrogen-bond donors (Lipinski definition) is 1. The topological polar surface area (TPSA) is 49.8 Å². The van der Waals surface area contributed by atoms with Crippen LogP contribution in [0, 0.1) is 5.92 Å². The summed E-state index contributed by atoms with van der Waals surface area (Å²) in [5.41, 5.74) is 0.479. The van der Waals surface area contributed by atoms with Crippen molar-refractivity contribution in [2.45, 2.75) is 45.3 Å². The van der Waals surface area contributed by atoms with E-state index < -0.39 is 11.7 Å². The fourth-order valence-corrected chi connectivity index (χ4v) is 3.39. The molecule has 0 saturated carbocycles. The zero-order valence-electron chi connectivity index (χ0n) is 15.2. The zero-order valence-corrected chi connectivity index (χ0v) is 15.2. The van der Waals surface area contributed by atoms with Gasteiger partial charge in [0, 0.05) is 13.1 Å². The summed E-state index contributed by atoms with van der Waals surface area (Å²) in [4.78, 5) is 13.9. The first kappa shape index (κ1) is 17.7. The number of fused-ring (bicyclic) bond motifs is 1. The minimum Gasteiger partial charge on any atom is -0.444 e. The summed E-state index contributed by atoms with van der Waals surface area (Å²) in [5.74, 6) is 0.167. The molecule has 2 aromatic rings. The number of amides is 1. The molecule has 0 aliphatic carbocycles. The van der Waals surface area contributed by atoms with E-state index in [2.05, 4.69) is 24.3 Å². The fourth-order valence-electron chi connectivity index (χ4n) is 3.39. The second kappa shape index (κ2) is 7.04. The maximum absolute atomic E-state index is 12.1. The van der Waals surface area contributed by atoms with E-state index >= 15 is 0 Å². The Bertz CT molecular complexity index is 742. The van der Waals surface area contributed by atoms with Gasteiger partial charge in [-0.15, -0.1) is 0 Å². The third kappa shape index (κ3) is 4.31. The van der Waals surface area contributed by atoms with E-state index in [0.717, 1.165) is 23.8 Å². The second-order valence-corrected chi connectivity index (χ2v) is 7.86. The number of rotatable bonds is 2. The number of piperidine rings is 1. The third-order valence-electron chi connectivity index (χ3n) is 4.75. The average molecular weight is 341 g/mol. The van der Waals surface area contributed by atoms with E-state index in [4.69, 9.17) is 4.74 Å². The van der Waals surface area contributed by atoms with Crippen LogP contribution in [-0.4, -0.2) is 34.8 Å². The molecular weight excluding hydrogens is 314 g/mol. The lowest BCUT2D eigenvalue weighted by Crippen LogP contribution is -2.42. The van der Waals surface area contributed by atoms with Gasteiger partial charge in [-0.3, -0.25) is 0 Å². The van der Waals surface area contributed by atoms with Crippen molar-refractivity contribution in [1.29, 1.82) is 0 Å². The van der Waals surface area contributed by atoms with E-state index in [-0.39, 0.29) is 12.0 Å². The van der Waals surface area contributed by atoms with Gasteiger partial charge in [-0.25, -0.2) is 4.79 Å². The predicted molar refractivity (Wildman–Crippen MR) is 99.4 cm³/mol. The first-order valence-electron chi connectivity index (χ1n) is 8.98.